The van der Waals surface area contributed by atoms with Gasteiger partial charge < -0.3 is 10.6 Å². The molecule has 0 spiro atoms. The molecule has 0 saturated carbocycles. The van der Waals surface area contributed by atoms with Gasteiger partial charge in [-0.2, -0.15) is 0 Å². The molecule has 2 rings (SSSR count). The van der Waals surface area contributed by atoms with Crippen molar-refractivity contribution in [3.8, 4) is 11.3 Å². The summed E-state index contributed by atoms with van der Waals surface area (Å²) in [6, 6.07) is 7.57. The summed E-state index contributed by atoms with van der Waals surface area (Å²) in [5.41, 5.74) is 1.93. The van der Waals surface area contributed by atoms with E-state index < -0.39 is 0 Å². The fourth-order valence-corrected chi connectivity index (χ4v) is 2.49. The molecule has 0 atom stereocenters. The summed E-state index contributed by atoms with van der Waals surface area (Å²) in [6.07, 6.45) is 1.75. The Morgan fingerprint density at radius 3 is 2.84 bits per heavy atom. The maximum atomic E-state index is 5.86. The standard InChI is InChI=1S/C13H12ClN3S2/c1-2-7-15-12(18)17-13-16-11(8-19-13)9-3-5-10(14)6-4-9/h2-6,8H,1,7H2,(H2,15,16,17,18). The second-order valence-electron chi connectivity index (χ2n) is 3.67. The van der Waals surface area contributed by atoms with Gasteiger partial charge in [0.25, 0.3) is 0 Å². The molecule has 19 heavy (non-hydrogen) atoms. The molecule has 0 bridgehead atoms. The van der Waals surface area contributed by atoms with Crippen LogP contribution in [-0.4, -0.2) is 16.6 Å². The van der Waals surface area contributed by atoms with Crippen LogP contribution in [0.15, 0.2) is 42.3 Å². The van der Waals surface area contributed by atoms with E-state index in [0.29, 0.717) is 16.7 Å². The highest BCUT2D eigenvalue weighted by molar-refractivity contribution is 7.80. The molecule has 1 heterocycles. The fraction of sp³-hybridized carbons (Fsp3) is 0.0769. The van der Waals surface area contributed by atoms with Gasteiger partial charge in [-0.05, 0) is 24.4 Å². The molecule has 0 fully saturated rings. The first-order valence-corrected chi connectivity index (χ1v) is 7.23. The average Bonchev–Trinajstić information content (AvgIpc) is 2.85. The van der Waals surface area contributed by atoms with Gasteiger partial charge in [-0.25, -0.2) is 4.98 Å². The predicted molar refractivity (Wildman–Crippen MR) is 87.0 cm³/mol. The molecule has 1 aromatic carbocycles. The summed E-state index contributed by atoms with van der Waals surface area (Å²) in [7, 11) is 0. The molecule has 0 aliphatic carbocycles. The van der Waals surface area contributed by atoms with Crippen molar-refractivity contribution in [1.29, 1.82) is 0 Å². The number of aromatic nitrogens is 1. The molecule has 0 unspecified atom stereocenters. The van der Waals surface area contributed by atoms with Gasteiger partial charge in [0.2, 0.25) is 0 Å². The predicted octanol–water partition coefficient (Wildman–Crippen LogP) is 3.94. The maximum Gasteiger partial charge on any atom is 0.189 e. The minimum atomic E-state index is 0.539. The lowest BCUT2D eigenvalue weighted by Crippen LogP contribution is -2.28. The highest BCUT2D eigenvalue weighted by Gasteiger charge is 2.05. The van der Waals surface area contributed by atoms with E-state index >= 15 is 0 Å². The van der Waals surface area contributed by atoms with Gasteiger partial charge in [-0.1, -0.05) is 29.8 Å². The van der Waals surface area contributed by atoms with Crippen molar-refractivity contribution in [1.82, 2.24) is 10.3 Å². The molecule has 0 amide bonds. The van der Waals surface area contributed by atoms with E-state index in [4.69, 9.17) is 23.8 Å². The Labute approximate surface area is 126 Å². The van der Waals surface area contributed by atoms with Crippen LogP contribution in [0.2, 0.25) is 5.02 Å². The molecule has 0 aliphatic rings. The molecule has 2 N–H and O–H groups in total. The second-order valence-corrected chi connectivity index (χ2v) is 5.37. The van der Waals surface area contributed by atoms with Crippen molar-refractivity contribution in [3.05, 3.63) is 47.3 Å². The monoisotopic (exact) mass is 309 g/mol. The summed E-state index contributed by atoms with van der Waals surface area (Å²) in [5, 5.41) is 10.0. The number of benzene rings is 1. The Hall–Kier alpha value is -1.43. The van der Waals surface area contributed by atoms with E-state index in [0.717, 1.165) is 16.4 Å². The van der Waals surface area contributed by atoms with Gasteiger partial charge in [0, 0.05) is 22.5 Å². The van der Waals surface area contributed by atoms with Crippen molar-refractivity contribution >= 4 is 45.4 Å². The molecule has 6 heteroatoms. The first-order valence-electron chi connectivity index (χ1n) is 5.56. The SMILES string of the molecule is C=CCNC(=S)Nc1nc(-c2ccc(Cl)cc2)cs1. The van der Waals surface area contributed by atoms with Crippen LogP contribution in [-0.2, 0) is 0 Å². The lowest BCUT2D eigenvalue weighted by molar-refractivity contribution is 1.06. The second kappa shape index (κ2) is 6.65. The maximum absolute atomic E-state index is 5.86. The number of rotatable bonds is 4. The van der Waals surface area contributed by atoms with E-state index in [1.54, 1.807) is 6.08 Å². The van der Waals surface area contributed by atoms with Gasteiger partial charge in [-0.15, -0.1) is 17.9 Å². The Kier molecular flexibility index (Phi) is 4.90. The zero-order valence-electron chi connectivity index (χ0n) is 10.0. The molecular formula is C13H12ClN3S2. The zero-order valence-corrected chi connectivity index (χ0v) is 12.4. The van der Waals surface area contributed by atoms with Crippen LogP contribution in [0.4, 0.5) is 5.13 Å². The van der Waals surface area contributed by atoms with Crippen molar-refractivity contribution < 1.29 is 0 Å². The molecular weight excluding hydrogens is 298 g/mol. The number of thiocarbonyl (C=S) groups is 1. The van der Waals surface area contributed by atoms with Crippen LogP contribution < -0.4 is 10.6 Å². The van der Waals surface area contributed by atoms with Gasteiger partial charge in [0.15, 0.2) is 10.2 Å². The Bertz CT molecular complexity index is 578. The molecule has 98 valence electrons. The Balaban J connectivity index is 2.04. The van der Waals surface area contributed by atoms with E-state index in [1.807, 2.05) is 29.6 Å². The number of nitrogens with zero attached hydrogens (tertiary/aromatic N) is 1. The number of hydrogen-bond acceptors (Lipinski definition) is 3. The largest absolute Gasteiger partial charge is 0.359 e. The number of nitrogens with one attached hydrogen (secondary N) is 2. The normalized spacial score (nSPS) is 9.95. The highest BCUT2D eigenvalue weighted by atomic mass is 35.5. The van der Waals surface area contributed by atoms with E-state index in [2.05, 4.69) is 22.2 Å². The minimum absolute atomic E-state index is 0.539. The van der Waals surface area contributed by atoms with Crippen LogP contribution in [0.1, 0.15) is 0 Å². The van der Waals surface area contributed by atoms with E-state index in [9.17, 15) is 0 Å². The summed E-state index contributed by atoms with van der Waals surface area (Å²) in [6.45, 7) is 4.24. The van der Waals surface area contributed by atoms with E-state index in [-0.39, 0.29) is 0 Å². The molecule has 3 nitrogen and oxygen atoms in total. The zero-order chi connectivity index (χ0) is 13.7. The molecule has 2 aromatic rings. The Morgan fingerprint density at radius 1 is 1.42 bits per heavy atom. The van der Waals surface area contributed by atoms with Gasteiger partial charge >= 0.3 is 0 Å². The summed E-state index contributed by atoms with van der Waals surface area (Å²) in [5.74, 6) is 0. The quantitative estimate of drug-likeness (QED) is 0.662. The van der Waals surface area contributed by atoms with Crippen molar-refractivity contribution in [2.45, 2.75) is 0 Å². The summed E-state index contributed by atoms with van der Waals surface area (Å²) < 4.78 is 0. The third-order valence-corrected chi connectivity index (χ3v) is 3.53. The van der Waals surface area contributed by atoms with Crippen LogP contribution in [0.25, 0.3) is 11.3 Å². The van der Waals surface area contributed by atoms with Gasteiger partial charge in [-0.3, -0.25) is 0 Å². The minimum Gasteiger partial charge on any atom is -0.359 e. The van der Waals surface area contributed by atoms with Crippen molar-refractivity contribution in [2.24, 2.45) is 0 Å². The lowest BCUT2D eigenvalue weighted by Gasteiger charge is -2.05. The first-order chi connectivity index (χ1) is 9.19. The molecule has 1 aromatic heterocycles. The number of anilines is 1. The topological polar surface area (TPSA) is 37.0 Å². The van der Waals surface area contributed by atoms with Crippen LogP contribution in [0.3, 0.4) is 0 Å². The highest BCUT2D eigenvalue weighted by Crippen LogP contribution is 2.25. The van der Waals surface area contributed by atoms with Gasteiger partial charge in [0.1, 0.15) is 0 Å². The lowest BCUT2D eigenvalue weighted by atomic mass is 10.2. The number of halogens is 1. The van der Waals surface area contributed by atoms with Crippen LogP contribution in [0, 0.1) is 0 Å². The Morgan fingerprint density at radius 2 is 2.16 bits per heavy atom. The smallest absolute Gasteiger partial charge is 0.189 e. The molecule has 0 saturated heterocycles. The van der Waals surface area contributed by atoms with Crippen molar-refractivity contribution in [2.75, 3.05) is 11.9 Å². The molecule has 0 radical (unpaired) electrons. The summed E-state index contributed by atoms with van der Waals surface area (Å²) in [4.78, 5) is 4.47. The first kappa shape index (κ1) is 14.0. The van der Waals surface area contributed by atoms with E-state index in [1.165, 1.54) is 11.3 Å². The van der Waals surface area contributed by atoms with Crippen LogP contribution >= 0.6 is 35.2 Å². The third kappa shape index (κ3) is 4.02. The number of hydrogen-bond donors (Lipinski definition) is 2. The number of thiazole rings is 1. The average molecular weight is 310 g/mol. The molecule has 0 aliphatic heterocycles. The fourth-order valence-electron chi connectivity index (χ4n) is 1.39. The van der Waals surface area contributed by atoms with Gasteiger partial charge in [0.05, 0.1) is 5.69 Å². The van der Waals surface area contributed by atoms with Crippen LogP contribution in [0.5, 0.6) is 0 Å². The third-order valence-electron chi connectivity index (χ3n) is 2.27. The van der Waals surface area contributed by atoms with Crippen molar-refractivity contribution in [3.63, 3.8) is 0 Å². The summed E-state index contributed by atoms with van der Waals surface area (Å²) >= 11 is 12.5.